The van der Waals surface area contributed by atoms with Gasteiger partial charge in [0, 0.05) is 31.7 Å². The molecule has 1 aromatic heterocycles. The average Bonchev–Trinajstić information content (AvgIpc) is 3.14. The van der Waals surface area contributed by atoms with Crippen molar-refractivity contribution >= 4 is 11.6 Å². The molecule has 0 atom stereocenters. The number of rotatable bonds is 3. The van der Waals surface area contributed by atoms with E-state index in [0.29, 0.717) is 11.8 Å². The standard InChI is InChI=1S/C16H18F3N5/c1-20-15(24-8-6-12-4-2-3-5-13(12)24)22-10-14-21-7-9-23(14)11-16(17,18)19/h2-5,7,9H,6,8,10-11H2,1H3,(H,20,22). The highest BCUT2D eigenvalue weighted by molar-refractivity contribution is 5.97. The molecule has 1 aliphatic rings. The average molecular weight is 337 g/mol. The van der Waals surface area contributed by atoms with E-state index in [-0.39, 0.29) is 6.54 Å². The zero-order valence-electron chi connectivity index (χ0n) is 13.2. The number of nitrogens with zero attached hydrogens (tertiary/aromatic N) is 4. The van der Waals surface area contributed by atoms with Crippen LogP contribution < -0.4 is 10.2 Å². The molecule has 1 aromatic carbocycles. The Bertz CT molecular complexity index is 735. The maximum absolute atomic E-state index is 12.6. The summed E-state index contributed by atoms with van der Waals surface area (Å²) >= 11 is 0. The second kappa shape index (κ2) is 6.54. The fourth-order valence-electron chi connectivity index (χ4n) is 2.86. The van der Waals surface area contributed by atoms with Gasteiger partial charge >= 0.3 is 6.18 Å². The molecular weight excluding hydrogens is 319 g/mol. The van der Waals surface area contributed by atoms with Crippen molar-refractivity contribution in [2.75, 3.05) is 18.5 Å². The van der Waals surface area contributed by atoms with Crippen molar-refractivity contribution in [3.05, 3.63) is 48.0 Å². The zero-order valence-corrected chi connectivity index (χ0v) is 13.2. The molecule has 0 radical (unpaired) electrons. The van der Waals surface area contributed by atoms with Crippen molar-refractivity contribution in [1.82, 2.24) is 14.9 Å². The number of anilines is 1. The number of benzene rings is 1. The van der Waals surface area contributed by atoms with Crippen molar-refractivity contribution in [3.63, 3.8) is 0 Å². The number of fused-ring (bicyclic) bond motifs is 1. The van der Waals surface area contributed by atoms with Crippen LogP contribution in [0.4, 0.5) is 18.9 Å². The number of aliphatic imine (C=N–C) groups is 1. The quantitative estimate of drug-likeness (QED) is 0.692. The minimum Gasteiger partial charge on any atom is -0.349 e. The molecule has 2 aromatic rings. The summed E-state index contributed by atoms with van der Waals surface area (Å²) in [5.41, 5.74) is 2.31. The van der Waals surface area contributed by atoms with E-state index in [1.54, 1.807) is 7.05 Å². The third kappa shape index (κ3) is 3.52. The summed E-state index contributed by atoms with van der Waals surface area (Å²) in [6, 6.07) is 8.03. The predicted molar refractivity (Wildman–Crippen MR) is 86.0 cm³/mol. The van der Waals surface area contributed by atoms with Crippen LogP contribution >= 0.6 is 0 Å². The van der Waals surface area contributed by atoms with Gasteiger partial charge in [0.15, 0.2) is 5.96 Å². The van der Waals surface area contributed by atoms with Crippen molar-refractivity contribution in [2.24, 2.45) is 4.99 Å². The Labute approximate surface area is 137 Å². The van der Waals surface area contributed by atoms with Crippen LogP contribution in [0.2, 0.25) is 0 Å². The molecule has 0 unspecified atom stereocenters. The van der Waals surface area contributed by atoms with E-state index in [4.69, 9.17) is 0 Å². The molecule has 0 fully saturated rings. The Kier molecular flexibility index (Phi) is 4.46. The van der Waals surface area contributed by atoms with Crippen LogP contribution in [0.15, 0.2) is 41.7 Å². The summed E-state index contributed by atoms with van der Waals surface area (Å²) < 4.78 is 38.8. The van der Waals surface area contributed by atoms with Crippen molar-refractivity contribution in [2.45, 2.75) is 25.7 Å². The van der Waals surface area contributed by atoms with Crippen molar-refractivity contribution < 1.29 is 13.2 Å². The first-order chi connectivity index (χ1) is 11.5. The van der Waals surface area contributed by atoms with Gasteiger partial charge in [0.1, 0.15) is 12.4 Å². The Morgan fingerprint density at radius 1 is 1.33 bits per heavy atom. The first-order valence-electron chi connectivity index (χ1n) is 7.61. The summed E-state index contributed by atoms with van der Waals surface area (Å²) in [7, 11) is 1.66. The number of aromatic nitrogens is 2. The summed E-state index contributed by atoms with van der Waals surface area (Å²) in [6.45, 7) is -0.0837. The molecule has 128 valence electrons. The van der Waals surface area contributed by atoms with Crippen LogP contribution in [0.5, 0.6) is 0 Å². The molecule has 0 amide bonds. The van der Waals surface area contributed by atoms with Crippen LogP contribution in [0.3, 0.4) is 0 Å². The number of imidazole rings is 1. The van der Waals surface area contributed by atoms with Gasteiger partial charge < -0.3 is 14.8 Å². The van der Waals surface area contributed by atoms with Crippen LogP contribution in [-0.2, 0) is 19.5 Å². The zero-order chi connectivity index (χ0) is 17.2. The van der Waals surface area contributed by atoms with E-state index in [0.717, 1.165) is 23.2 Å². The molecule has 2 heterocycles. The van der Waals surface area contributed by atoms with E-state index < -0.39 is 12.7 Å². The van der Waals surface area contributed by atoms with Gasteiger partial charge in [-0.05, 0) is 18.1 Å². The number of hydrogen-bond donors (Lipinski definition) is 1. The number of nitrogens with one attached hydrogen (secondary N) is 1. The molecule has 0 bridgehead atoms. The number of halogens is 3. The monoisotopic (exact) mass is 337 g/mol. The highest BCUT2D eigenvalue weighted by atomic mass is 19.4. The molecule has 1 N–H and O–H groups in total. The van der Waals surface area contributed by atoms with Gasteiger partial charge in [0.05, 0.1) is 6.54 Å². The summed E-state index contributed by atoms with van der Waals surface area (Å²) in [6.07, 6.45) is -0.653. The normalized spacial score (nSPS) is 14.8. The molecule has 24 heavy (non-hydrogen) atoms. The first kappa shape index (κ1) is 16.4. The number of para-hydroxylation sites is 1. The Hall–Kier alpha value is -2.51. The molecule has 0 aliphatic carbocycles. The van der Waals surface area contributed by atoms with Crippen molar-refractivity contribution in [1.29, 1.82) is 0 Å². The van der Waals surface area contributed by atoms with Crippen LogP contribution in [0.25, 0.3) is 0 Å². The Morgan fingerprint density at radius 2 is 2.12 bits per heavy atom. The lowest BCUT2D eigenvalue weighted by atomic mass is 10.2. The number of hydrogen-bond acceptors (Lipinski definition) is 2. The third-order valence-corrected chi connectivity index (χ3v) is 3.91. The maximum atomic E-state index is 12.6. The van der Waals surface area contributed by atoms with E-state index >= 15 is 0 Å². The molecule has 1 aliphatic heterocycles. The fourth-order valence-corrected chi connectivity index (χ4v) is 2.86. The molecular formula is C16H18F3N5. The van der Waals surface area contributed by atoms with Gasteiger partial charge in [-0.3, -0.25) is 4.99 Å². The largest absolute Gasteiger partial charge is 0.406 e. The summed E-state index contributed by atoms with van der Waals surface area (Å²) in [5, 5.41) is 3.11. The highest BCUT2D eigenvalue weighted by Crippen LogP contribution is 2.27. The van der Waals surface area contributed by atoms with Gasteiger partial charge in [-0.2, -0.15) is 13.2 Å². The topological polar surface area (TPSA) is 45.5 Å². The predicted octanol–water partition coefficient (Wildman–Crippen LogP) is 2.58. The molecule has 5 nitrogen and oxygen atoms in total. The van der Waals surface area contributed by atoms with E-state index in [2.05, 4.69) is 21.4 Å². The lowest BCUT2D eigenvalue weighted by molar-refractivity contribution is -0.141. The summed E-state index contributed by atoms with van der Waals surface area (Å²) in [4.78, 5) is 10.3. The second-order valence-electron chi connectivity index (χ2n) is 5.52. The molecule has 3 rings (SSSR count). The lowest BCUT2D eigenvalue weighted by Crippen LogP contribution is -2.40. The van der Waals surface area contributed by atoms with Gasteiger partial charge in [-0.1, -0.05) is 18.2 Å². The third-order valence-electron chi connectivity index (χ3n) is 3.91. The Balaban J connectivity index is 1.69. The molecule has 0 spiro atoms. The van der Waals surface area contributed by atoms with Crippen LogP contribution in [-0.4, -0.2) is 35.3 Å². The Morgan fingerprint density at radius 3 is 2.88 bits per heavy atom. The van der Waals surface area contributed by atoms with E-state index in [1.165, 1.54) is 18.0 Å². The first-order valence-corrected chi connectivity index (χ1v) is 7.61. The van der Waals surface area contributed by atoms with Crippen LogP contribution in [0, 0.1) is 0 Å². The lowest BCUT2D eigenvalue weighted by Gasteiger charge is -2.22. The molecule has 8 heteroatoms. The summed E-state index contributed by atoms with van der Waals surface area (Å²) in [5.74, 6) is 0.947. The van der Waals surface area contributed by atoms with Gasteiger partial charge in [0.2, 0.25) is 0 Å². The smallest absolute Gasteiger partial charge is 0.349 e. The van der Waals surface area contributed by atoms with Gasteiger partial charge in [-0.25, -0.2) is 4.98 Å². The second-order valence-corrected chi connectivity index (χ2v) is 5.52. The molecule has 0 saturated heterocycles. The highest BCUT2D eigenvalue weighted by Gasteiger charge is 2.29. The van der Waals surface area contributed by atoms with E-state index in [1.807, 2.05) is 23.1 Å². The van der Waals surface area contributed by atoms with Crippen molar-refractivity contribution in [3.8, 4) is 0 Å². The van der Waals surface area contributed by atoms with Gasteiger partial charge in [-0.15, -0.1) is 0 Å². The SMILES string of the molecule is CN=C(NCc1nccn1CC(F)(F)F)N1CCc2ccccc21. The number of guanidine groups is 1. The minimum absolute atomic E-state index is 0.175. The minimum atomic E-state index is -4.27. The van der Waals surface area contributed by atoms with Crippen LogP contribution in [0.1, 0.15) is 11.4 Å². The maximum Gasteiger partial charge on any atom is 0.406 e. The fraction of sp³-hybridized carbons (Fsp3) is 0.375. The van der Waals surface area contributed by atoms with E-state index in [9.17, 15) is 13.2 Å². The van der Waals surface area contributed by atoms with Gasteiger partial charge in [0.25, 0.3) is 0 Å². The number of alkyl halides is 3. The molecule has 0 saturated carbocycles.